The van der Waals surface area contributed by atoms with E-state index in [9.17, 15) is 13.5 Å². The minimum Gasteiger partial charge on any atom is -0.391 e. The Morgan fingerprint density at radius 2 is 2.19 bits per heavy atom. The lowest BCUT2D eigenvalue weighted by Crippen LogP contribution is -2.19. The van der Waals surface area contributed by atoms with Gasteiger partial charge in [0, 0.05) is 10.7 Å². The minimum atomic E-state index is -3.08. The van der Waals surface area contributed by atoms with Crippen LogP contribution in [-0.2, 0) is 9.84 Å². The van der Waals surface area contributed by atoms with E-state index in [0.717, 1.165) is 9.50 Å². The van der Waals surface area contributed by atoms with Crippen molar-refractivity contribution in [2.24, 2.45) is 0 Å². The molecule has 1 aliphatic heterocycles. The lowest BCUT2D eigenvalue weighted by molar-refractivity contribution is 0.207. The molecule has 1 aromatic heterocycles. The molecule has 1 saturated heterocycles. The molecule has 2 unspecified atom stereocenters. The maximum Gasteiger partial charge on any atom is 0.154 e. The van der Waals surface area contributed by atoms with Gasteiger partial charge in [0.15, 0.2) is 9.84 Å². The number of sulfone groups is 1. The first kappa shape index (κ1) is 12.3. The van der Waals surface area contributed by atoms with Crippen molar-refractivity contribution in [3.63, 3.8) is 0 Å². The highest BCUT2D eigenvalue weighted by Crippen LogP contribution is 2.30. The smallest absolute Gasteiger partial charge is 0.154 e. The normalized spacial score (nSPS) is 28.1. The fourth-order valence-electron chi connectivity index (χ4n) is 1.50. The summed E-state index contributed by atoms with van der Waals surface area (Å²) in [5, 5.41) is 10.0. The fraction of sp³-hybridized carbons (Fsp3) is 0.444. The molecule has 0 saturated carbocycles. The number of aromatic nitrogens is 1. The van der Waals surface area contributed by atoms with Gasteiger partial charge in [0.05, 0.1) is 27.9 Å². The third-order valence-electron chi connectivity index (χ3n) is 2.24. The molecule has 2 heterocycles. The van der Waals surface area contributed by atoms with Crippen LogP contribution in [0.4, 0.5) is 0 Å². The van der Waals surface area contributed by atoms with Crippen LogP contribution in [0.15, 0.2) is 27.8 Å². The van der Waals surface area contributed by atoms with Crippen molar-refractivity contribution >= 4 is 37.5 Å². The van der Waals surface area contributed by atoms with E-state index in [2.05, 4.69) is 20.9 Å². The van der Waals surface area contributed by atoms with E-state index in [1.807, 2.05) is 6.07 Å². The Morgan fingerprint density at radius 1 is 1.44 bits per heavy atom. The maximum absolute atomic E-state index is 11.3. The summed E-state index contributed by atoms with van der Waals surface area (Å²) in [5.74, 6) is -0.113. The number of nitrogens with zero attached hydrogens (tertiary/aromatic N) is 1. The summed E-state index contributed by atoms with van der Waals surface area (Å²) >= 11 is 4.58. The van der Waals surface area contributed by atoms with Gasteiger partial charge >= 0.3 is 0 Å². The Balaban J connectivity index is 2.08. The molecule has 16 heavy (non-hydrogen) atoms. The number of pyridine rings is 1. The molecule has 1 fully saturated rings. The molecule has 2 rings (SSSR count). The molecule has 1 aliphatic rings. The zero-order chi connectivity index (χ0) is 11.8. The Morgan fingerprint density at radius 3 is 2.69 bits per heavy atom. The molecule has 2 atom stereocenters. The van der Waals surface area contributed by atoms with E-state index >= 15 is 0 Å². The highest BCUT2D eigenvalue weighted by molar-refractivity contribution is 9.10. The molecule has 88 valence electrons. The van der Waals surface area contributed by atoms with E-state index in [4.69, 9.17) is 0 Å². The Hall–Kier alpha value is -0.110. The molecule has 0 bridgehead atoms. The molecule has 7 heteroatoms. The van der Waals surface area contributed by atoms with Crippen molar-refractivity contribution in [3.8, 4) is 0 Å². The largest absolute Gasteiger partial charge is 0.391 e. The zero-order valence-electron chi connectivity index (χ0n) is 8.21. The number of aliphatic hydroxyl groups excluding tert-OH is 1. The molecule has 1 N–H and O–H groups in total. The average Bonchev–Trinajstić information content (AvgIpc) is 2.44. The number of hydrogen-bond acceptors (Lipinski definition) is 5. The second-order valence-corrected chi connectivity index (χ2v) is 7.94. The summed E-state index contributed by atoms with van der Waals surface area (Å²) in [5.41, 5.74) is 0. The Kier molecular flexibility index (Phi) is 3.58. The van der Waals surface area contributed by atoms with Crippen molar-refractivity contribution in [1.29, 1.82) is 0 Å². The van der Waals surface area contributed by atoms with Crippen LogP contribution in [0, 0.1) is 0 Å². The molecule has 0 radical (unpaired) electrons. The second kappa shape index (κ2) is 4.64. The molecule has 0 aliphatic carbocycles. The Labute approximate surface area is 107 Å². The summed E-state index contributed by atoms with van der Waals surface area (Å²) in [6.07, 6.45) is 0.860. The van der Waals surface area contributed by atoms with E-state index < -0.39 is 15.9 Å². The van der Waals surface area contributed by atoms with Crippen LogP contribution in [0.1, 0.15) is 0 Å². The standard InChI is InChI=1S/C9H10BrNO3S2/c10-6-1-2-9(11-3-6)15-8-5-16(13,14)4-7(8)12/h1-3,7-8,12H,4-5H2. The Bertz CT molecular complexity index is 474. The van der Waals surface area contributed by atoms with E-state index in [1.165, 1.54) is 11.8 Å². The van der Waals surface area contributed by atoms with Gasteiger partial charge in [-0.05, 0) is 28.1 Å². The van der Waals surface area contributed by atoms with Crippen LogP contribution in [0.25, 0.3) is 0 Å². The third-order valence-corrected chi connectivity index (χ3v) is 5.91. The number of hydrogen-bond donors (Lipinski definition) is 1. The van der Waals surface area contributed by atoms with Crippen LogP contribution < -0.4 is 0 Å². The van der Waals surface area contributed by atoms with Crippen molar-refractivity contribution in [2.75, 3.05) is 11.5 Å². The summed E-state index contributed by atoms with van der Waals surface area (Å²) in [7, 11) is -3.08. The molecular weight excluding hydrogens is 314 g/mol. The van der Waals surface area contributed by atoms with Gasteiger partial charge in [-0.15, -0.1) is 0 Å². The van der Waals surface area contributed by atoms with Gasteiger partial charge in [-0.25, -0.2) is 13.4 Å². The summed E-state index contributed by atoms with van der Waals surface area (Å²) < 4.78 is 23.5. The molecule has 0 amide bonds. The van der Waals surface area contributed by atoms with E-state index in [0.29, 0.717) is 0 Å². The van der Waals surface area contributed by atoms with Crippen LogP contribution in [0.3, 0.4) is 0 Å². The van der Waals surface area contributed by atoms with E-state index in [-0.39, 0.29) is 16.8 Å². The topological polar surface area (TPSA) is 67.3 Å². The lowest BCUT2D eigenvalue weighted by Gasteiger charge is -2.10. The molecule has 0 spiro atoms. The lowest BCUT2D eigenvalue weighted by atomic mass is 10.3. The first-order valence-electron chi connectivity index (χ1n) is 4.63. The minimum absolute atomic E-state index is 0.0244. The SMILES string of the molecule is O=S1(=O)CC(O)C(Sc2ccc(Br)cn2)C1. The van der Waals surface area contributed by atoms with E-state index in [1.54, 1.807) is 12.3 Å². The monoisotopic (exact) mass is 323 g/mol. The van der Waals surface area contributed by atoms with Gasteiger partial charge in [0.2, 0.25) is 0 Å². The van der Waals surface area contributed by atoms with Gasteiger partial charge in [-0.1, -0.05) is 11.8 Å². The van der Waals surface area contributed by atoms with Crippen molar-refractivity contribution < 1.29 is 13.5 Å². The quantitative estimate of drug-likeness (QED) is 0.882. The van der Waals surface area contributed by atoms with Gasteiger partial charge in [-0.2, -0.15) is 0 Å². The second-order valence-electron chi connectivity index (χ2n) is 3.62. The predicted molar refractivity (Wildman–Crippen MR) is 66.2 cm³/mol. The van der Waals surface area contributed by atoms with Crippen LogP contribution in [-0.4, -0.2) is 41.4 Å². The molecule has 1 aromatic rings. The highest BCUT2D eigenvalue weighted by Gasteiger charge is 2.37. The fourth-order valence-corrected chi connectivity index (χ4v) is 5.18. The zero-order valence-corrected chi connectivity index (χ0v) is 11.4. The summed E-state index contributed by atoms with van der Waals surface area (Å²) in [4.78, 5) is 4.13. The van der Waals surface area contributed by atoms with Crippen molar-refractivity contribution in [2.45, 2.75) is 16.4 Å². The number of aliphatic hydroxyl groups is 1. The van der Waals surface area contributed by atoms with Gasteiger partial charge in [-0.3, -0.25) is 0 Å². The van der Waals surface area contributed by atoms with Crippen LogP contribution in [0.5, 0.6) is 0 Å². The number of rotatable bonds is 2. The van der Waals surface area contributed by atoms with Gasteiger partial charge in [0.25, 0.3) is 0 Å². The predicted octanol–water partition coefficient (Wildman–Crippen LogP) is 1.09. The van der Waals surface area contributed by atoms with Gasteiger partial charge < -0.3 is 5.11 Å². The highest BCUT2D eigenvalue weighted by atomic mass is 79.9. The first-order chi connectivity index (χ1) is 7.46. The molecule has 4 nitrogen and oxygen atoms in total. The number of thioether (sulfide) groups is 1. The average molecular weight is 324 g/mol. The first-order valence-corrected chi connectivity index (χ1v) is 8.12. The van der Waals surface area contributed by atoms with Crippen LogP contribution in [0.2, 0.25) is 0 Å². The number of halogens is 1. The van der Waals surface area contributed by atoms with Crippen molar-refractivity contribution in [1.82, 2.24) is 4.98 Å². The third kappa shape index (κ3) is 2.97. The summed E-state index contributed by atoms with van der Waals surface area (Å²) in [6, 6.07) is 3.64. The molecular formula is C9H10BrNO3S2. The van der Waals surface area contributed by atoms with Crippen LogP contribution >= 0.6 is 27.7 Å². The maximum atomic E-state index is 11.3. The molecule has 0 aromatic carbocycles. The van der Waals surface area contributed by atoms with Crippen molar-refractivity contribution in [3.05, 3.63) is 22.8 Å². The summed E-state index contributed by atoms with van der Waals surface area (Å²) in [6.45, 7) is 0. The van der Waals surface area contributed by atoms with Gasteiger partial charge in [0.1, 0.15) is 0 Å².